The fraction of sp³-hybridized carbons (Fsp3) is 0.500. The Balaban J connectivity index is 1.95. The highest BCUT2D eigenvalue weighted by atomic mass is 32.2. The third-order valence-corrected chi connectivity index (χ3v) is 4.28. The summed E-state index contributed by atoms with van der Waals surface area (Å²) in [6.45, 7) is 0.547. The van der Waals surface area contributed by atoms with Crippen molar-refractivity contribution in [2.45, 2.75) is 25.3 Å². The topological polar surface area (TPSA) is 56.2 Å². The van der Waals surface area contributed by atoms with E-state index in [0.29, 0.717) is 12.5 Å². The van der Waals surface area contributed by atoms with Crippen molar-refractivity contribution in [3.05, 3.63) is 29.7 Å². The molecule has 90 valence electrons. The summed E-state index contributed by atoms with van der Waals surface area (Å²) in [5.41, 5.74) is 7.64. The van der Waals surface area contributed by atoms with Crippen LogP contribution in [-0.2, 0) is 6.54 Å². The Labute approximate surface area is 105 Å². The molecule has 3 rings (SSSR count). The number of aromatic nitrogens is 3. The molecule has 17 heavy (non-hydrogen) atoms. The van der Waals surface area contributed by atoms with Gasteiger partial charge in [-0.2, -0.15) is 16.9 Å². The molecule has 1 saturated heterocycles. The highest BCUT2D eigenvalue weighted by Gasteiger charge is 2.20. The van der Waals surface area contributed by atoms with Crippen molar-refractivity contribution < 1.29 is 0 Å². The molecule has 0 unspecified atom stereocenters. The van der Waals surface area contributed by atoms with Crippen LogP contribution in [0.4, 0.5) is 0 Å². The average molecular weight is 248 g/mol. The normalized spacial score (nSPS) is 17.7. The van der Waals surface area contributed by atoms with Gasteiger partial charge < -0.3 is 5.73 Å². The van der Waals surface area contributed by atoms with Gasteiger partial charge in [0.05, 0.1) is 0 Å². The zero-order chi connectivity index (χ0) is 11.7. The minimum absolute atomic E-state index is 0.539. The predicted molar refractivity (Wildman–Crippen MR) is 70.2 cm³/mol. The SMILES string of the molecule is NCc1ccc2nc(C3CCSCC3)nn2c1. The zero-order valence-electron chi connectivity index (χ0n) is 9.67. The van der Waals surface area contributed by atoms with Gasteiger partial charge in [0, 0.05) is 18.7 Å². The lowest BCUT2D eigenvalue weighted by atomic mass is 10.0. The van der Waals surface area contributed by atoms with Gasteiger partial charge in [0.25, 0.3) is 0 Å². The number of hydrogen-bond donors (Lipinski definition) is 1. The van der Waals surface area contributed by atoms with Crippen LogP contribution in [0.5, 0.6) is 0 Å². The number of hydrogen-bond acceptors (Lipinski definition) is 4. The van der Waals surface area contributed by atoms with Crippen LogP contribution in [0, 0.1) is 0 Å². The molecule has 5 heteroatoms. The first-order valence-electron chi connectivity index (χ1n) is 6.00. The Kier molecular flexibility index (Phi) is 3.03. The first kappa shape index (κ1) is 11.0. The summed E-state index contributed by atoms with van der Waals surface area (Å²) in [6.07, 6.45) is 4.37. The third-order valence-electron chi connectivity index (χ3n) is 3.23. The molecule has 0 radical (unpaired) electrons. The number of pyridine rings is 1. The van der Waals surface area contributed by atoms with Crippen molar-refractivity contribution in [2.75, 3.05) is 11.5 Å². The van der Waals surface area contributed by atoms with E-state index in [1.165, 1.54) is 24.3 Å². The molecule has 0 bridgehead atoms. The van der Waals surface area contributed by atoms with E-state index in [0.717, 1.165) is 17.0 Å². The van der Waals surface area contributed by atoms with Crippen LogP contribution in [0.15, 0.2) is 18.3 Å². The van der Waals surface area contributed by atoms with E-state index in [-0.39, 0.29) is 0 Å². The van der Waals surface area contributed by atoms with Crippen molar-refractivity contribution in [2.24, 2.45) is 5.73 Å². The van der Waals surface area contributed by atoms with Crippen LogP contribution in [0.1, 0.15) is 30.1 Å². The number of nitrogens with two attached hydrogens (primary N) is 1. The molecular formula is C12H16N4S. The van der Waals surface area contributed by atoms with Gasteiger partial charge in [0.15, 0.2) is 11.5 Å². The van der Waals surface area contributed by atoms with E-state index in [1.54, 1.807) is 0 Å². The van der Waals surface area contributed by atoms with Crippen LogP contribution in [0.3, 0.4) is 0 Å². The summed E-state index contributed by atoms with van der Waals surface area (Å²) in [5, 5.41) is 4.59. The average Bonchev–Trinajstić information content (AvgIpc) is 2.82. The highest BCUT2D eigenvalue weighted by molar-refractivity contribution is 7.99. The molecule has 0 atom stereocenters. The van der Waals surface area contributed by atoms with Crippen LogP contribution in [0.2, 0.25) is 0 Å². The minimum atomic E-state index is 0.539. The monoisotopic (exact) mass is 248 g/mol. The van der Waals surface area contributed by atoms with Gasteiger partial charge in [-0.3, -0.25) is 0 Å². The molecule has 1 aliphatic heterocycles. The molecule has 1 aliphatic rings. The largest absolute Gasteiger partial charge is 0.326 e. The summed E-state index contributed by atoms with van der Waals surface area (Å²) in [6, 6.07) is 4.01. The first-order valence-corrected chi connectivity index (χ1v) is 7.15. The number of rotatable bonds is 2. The second kappa shape index (κ2) is 4.66. The van der Waals surface area contributed by atoms with Gasteiger partial charge in [-0.25, -0.2) is 9.50 Å². The number of fused-ring (bicyclic) bond motifs is 1. The highest BCUT2D eigenvalue weighted by Crippen LogP contribution is 2.29. The second-order valence-corrected chi connectivity index (χ2v) is 5.63. The summed E-state index contributed by atoms with van der Waals surface area (Å²) in [5.74, 6) is 4.00. The fourth-order valence-corrected chi connectivity index (χ4v) is 3.30. The second-order valence-electron chi connectivity index (χ2n) is 4.40. The quantitative estimate of drug-likeness (QED) is 0.880. The van der Waals surface area contributed by atoms with Gasteiger partial charge in [-0.05, 0) is 36.0 Å². The van der Waals surface area contributed by atoms with Crippen LogP contribution in [-0.4, -0.2) is 26.1 Å². The zero-order valence-corrected chi connectivity index (χ0v) is 10.5. The third kappa shape index (κ3) is 2.17. The number of thioether (sulfide) groups is 1. The molecule has 0 saturated carbocycles. The molecule has 2 aromatic rings. The fourth-order valence-electron chi connectivity index (χ4n) is 2.19. The van der Waals surface area contributed by atoms with Crippen molar-refractivity contribution in [1.82, 2.24) is 14.6 Å². The predicted octanol–water partition coefficient (Wildman–Crippen LogP) is 1.80. The molecule has 0 aromatic carbocycles. The van der Waals surface area contributed by atoms with Crippen molar-refractivity contribution >= 4 is 17.4 Å². The van der Waals surface area contributed by atoms with Crippen LogP contribution < -0.4 is 5.73 Å². The molecular weight excluding hydrogens is 232 g/mol. The van der Waals surface area contributed by atoms with Gasteiger partial charge >= 0.3 is 0 Å². The molecule has 0 amide bonds. The molecule has 2 N–H and O–H groups in total. The van der Waals surface area contributed by atoms with Crippen molar-refractivity contribution in [3.63, 3.8) is 0 Å². The van der Waals surface area contributed by atoms with E-state index < -0.39 is 0 Å². The van der Waals surface area contributed by atoms with Crippen LogP contribution in [0.25, 0.3) is 5.65 Å². The Hall–Kier alpha value is -1.07. The van der Waals surface area contributed by atoms with E-state index in [4.69, 9.17) is 5.73 Å². The molecule has 2 aromatic heterocycles. The van der Waals surface area contributed by atoms with Crippen molar-refractivity contribution in [1.29, 1.82) is 0 Å². The Morgan fingerprint density at radius 3 is 2.94 bits per heavy atom. The lowest BCUT2D eigenvalue weighted by Crippen LogP contribution is -2.09. The van der Waals surface area contributed by atoms with Crippen molar-refractivity contribution in [3.8, 4) is 0 Å². The van der Waals surface area contributed by atoms with Gasteiger partial charge in [-0.15, -0.1) is 0 Å². The summed E-state index contributed by atoms with van der Waals surface area (Å²) in [7, 11) is 0. The number of nitrogens with zero attached hydrogens (tertiary/aromatic N) is 3. The van der Waals surface area contributed by atoms with Gasteiger partial charge in [-0.1, -0.05) is 6.07 Å². The summed E-state index contributed by atoms with van der Waals surface area (Å²) in [4.78, 5) is 4.61. The van der Waals surface area contributed by atoms with E-state index >= 15 is 0 Å². The Morgan fingerprint density at radius 2 is 2.18 bits per heavy atom. The molecule has 3 heterocycles. The smallest absolute Gasteiger partial charge is 0.155 e. The molecule has 0 aliphatic carbocycles. The van der Waals surface area contributed by atoms with E-state index in [2.05, 4.69) is 10.1 Å². The summed E-state index contributed by atoms with van der Waals surface area (Å²) >= 11 is 2.03. The Morgan fingerprint density at radius 1 is 1.35 bits per heavy atom. The Bertz CT molecular complexity index is 516. The van der Waals surface area contributed by atoms with Gasteiger partial charge in [0.2, 0.25) is 0 Å². The minimum Gasteiger partial charge on any atom is -0.326 e. The maximum absolute atomic E-state index is 5.63. The summed E-state index contributed by atoms with van der Waals surface area (Å²) < 4.78 is 1.86. The maximum atomic E-state index is 5.63. The van der Waals surface area contributed by atoms with E-state index in [1.807, 2.05) is 34.6 Å². The van der Waals surface area contributed by atoms with Crippen LogP contribution >= 0.6 is 11.8 Å². The first-order chi connectivity index (χ1) is 8.36. The molecule has 1 fully saturated rings. The maximum Gasteiger partial charge on any atom is 0.155 e. The van der Waals surface area contributed by atoms with Gasteiger partial charge in [0.1, 0.15) is 0 Å². The molecule has 0 spiro atoms. The van der Waals surface area contributed by atoms with E-state index in [9.17, 15) is 0 Å². The molecule has 4 nitrogen and oxygen atoms in total. The lowest BCUT2D eigenvalue weighted by Gasteiger charge is -2.17. The standard InChI is InChI=1S/C12H16N4S/c13-7-9-1-2-11-14-12(15-16(11)8-9)10-3-5-17-6-4-10/h1-2,8,10H,3-7,13H2. The lowest BCUT2D eigenvalue weighted by molar-refractivity contribution is 0.597.